The maximum absolute atomic E-state index is 8.23. The summed E-state index contributed by atoms with van der Waals surface area (Å²) >= 11 is 0. The quantitative estimate of drug-likeness (QED) is 0.231. The van der Waals surface area contributed by atoms with Gasteiger partial charge in [-0.15, -0.1) is 12.8 Å². The van der Waals surface area contributed by atoms with Crippen LogP contribution in [0.1, 0.15) is 94.0 Å². The van der Waals surface area contributed by atoms with Gasteiger partial charge in [0.25, 0.3) is 2.56 Å². The second-order valence-electron chi connectivity index (χ2n) is 11.9. The summed E-state index contributed by atoms with van der Waals surface area (Å²) in [5.41, 5.74) is 6.47. The average Bonchev–Trinajstić information content (AvgIpc) is 3.68. The molecule has 4 aliphatic rings. The van der Waals surface area contributed by atoms with Gasteiger partial charge in [0.05, 0.1) is 11.3 Å². The van der Waals surface area contributed by atoms with Gasteiger partial charge in [0.1, 0.15) is 6.61 Å². The van der Waals surface area contributed by atoms with Gasteiger partial charge in [0.2, 0.25) is 5.90 Å². The van der Waals surface area contributed by atoms with E-state index in [2.05, 4.69) is 77.6 Å². The van der Waals surface area contributed by atoms with E-state index in [1.54, 1.807) is 0 Å². The molecule has 0 bridgehead atoms. The van der Waals surface area contributed by atoms with Crippen LogP contribution in [0.3, 0.4) is 0 Å². The van der Waals surface area contributed by atoms with Gasteiger partial charge in [-0.1, -0.05) is 38.1 Å². The summed E-state index contributed by atoms with van der Waals surface area (Å²) in [4.78, 5) is 4.93. The van der Waals surface area contributed by atoms with Crippen molar-refractivity contribution < 1.29 is 24.8 Å². The molecule has 4 atom stereocenters. The van der Waals surface area contributed by atoms with Gasteiger partial charge >= 0.3 is 0 Å². The first kappa shape index (κ1) is 28.1. The largest absolute Gasteiger partial charge is 0.475 e. The van der Waals surface area contributed by atoms with Gasteiger partial charge in [-0.2, -0.15) is 13.8 Å². The molecule has 39 heavy (non-hydrogen) atoms. The van der Waals surface area contributed by atoms with Crippen LogP contribution in [0, 0.1) is 43.4 Å². The number of rotatable bonds is 5. The Hall–Kier alpha value is -1.01. The summed E-state index contributed by atoms with van der Waals surface area (Å²) in [5.74, 6) is 2.80. The van der Waals surface area contributed by atoms with Gasteiger partial charge in [-0.25, -0.2) is 17.8 Å². The van der Waals surface area contributed by atoms with Gasteiger partial charge in [0, 0.05) is 45.8 Å². The van der Waals surface area contributed by atoms with E-state index in [1.807, 2.05) is 12.1 Å². The van der Waals surface area contributed by atoms with Crippen LogP contribution in [0.15, 0.2) is 41.4 Å². The third kappa shape index (κ3) is 6.42. The van der Waals surface area contributed by atoms with E-state index < -0.39 is 9.13 Å². The Morgan fingerprint density at radius 1 is 0.974 bits per heavy atom. The number of aliphatic imine (C=N–C) groups is 1. The SMILES string of the molecule is C[CH-]C1[CH-]CC[CH-]C([CH-]C)CC1.[2H][PH+]([2H])c1cccc2c1[C@@]1(CCc3cccc(C4=N[C@@H](C(C)C)CO4)c31)CC2.[Ir]. The molecule has 3 aliphatic carbocycles. The Labute approximate surface area is 256 Å². The van der Waals surface area contributed by atoms with E-state index in [9.17, 15) is 0 Å². The van der Waals surface area contributed by atoms with Crippen LogP contribution in [0.4, 0.5) is 0 Å². The fourth-order valence-corrected chi connectivity index (χ4v) is 7.59. The van der Waals surface area contributed by atoms with E-state index in [1.165, 1.54) is 47.9 Å². The van der Waals surface area contributed by atoms with E-state index in [0.717, 1.165) is 54.3 Å². The number of hydrogen-bond acceptors (Lipinski definition) is 2. The molecule has 1 aliphatic heterocycles. The molecular weight excluding hydrogens is 674 g/mol. The van der Waals surface area contributed by atoms with Crippen LogP contribution in [0.25, 0.3) is 0 Å². The molecule has 1 radical (unpaired) electrons. The third-order valence-corrected chi connectivity index (χ3v) is 9.79. The summed E-state index contributed by atoms with van der Waals surface area (Å²) in [6, 6.07) is 13.0. The Bertz CT molecular complexity index is 1180. The summed E-state index contributed by atoms with van der Waals surface area (Å²) < 4.78 is 22.6. The minimum Gasteiger partial charge on any atom is -0.475 e. The molecular formula is C35H47IrNOP-3. The zero-order chi connectivity index (χ0) is 28.3. The van der Waals surface area contributed by atoms with Crippen molar-refractivity contribution in [2.24, 2.45) is 22.7 Å². The normalized spacial score (nSPS) is 28.3. The Kier molecular flexibility index (Phi) is 9.93. The zero-order valence-electron chi connectivity index (χ0n) is 26.1. The van der Waals surface area contributed by atoms with Crippen molar-refractivity contribution in [1.82, 2.24) is 0 Å². The maximum Gasteiger partial charge on any atom is 0.269 e. The molecule has 215 valence electrons. The summed E-state index contributed by atoms with van der Waals surface area (Å²) in [6.07, 6.45) is 19.0. The molecule has 0 amide bonds. The van der Waals surface area contributed by atoms with Crippen LogP contribution in [0.2, 0.25) is 0 Å². The number of hydrogen-bond donors (Lipinski definition) is 0. The molecule has 6 rings (SSSR count). The molecule has 1 saturated carbocycles. The number of nitrogens with zero attached hydrogens (tertiary/aromatic N) is 1. The van der Waals surface area contributed by atoms with Crippen molar-refractivity contribution in [3.05, 3.63) is 89.9 Å². The van der Waals surface area contributed by atoms with Crippen molar-refractivity contribution >= 4 is 20.3 Å². The summed E-state index contributed by atoms with van der Waals surface area (Å²) in [5, 5.41) is 0.969. The average molecular weight is 723 g/mol. The molecule has 1 heterocycles. The first-order valence-corrected chi connectivity index (χ1v) is 15.4. The molecule has 2 nitrogen and oxygen atoms in total. The van der Waals surface area contributed by atoms with Crippen LogP contribution in [0.5, 0.6) is 0 Å². The number of fused-ring (bicyclic) bond motifs is 4. The minimum atomic E-state index is -2.01. The Morgan fingerprint density at radius 3 is 2.15 bits per heavy atom. The smallest absolute Gasteiger partial charge is 0.269 e. The number of benzene rings is 2. The van der Waals surface area contributed by atoms with Crippen LogP contribution < -0.4 is 5.30 Å². The van der Waals surface area contributed by atoms with Crippen molar-refractivity contribution in [2.75, 3.05) is 6.61 Å². The van der Waals surface area contributed by atoms with E-state index >= 15 is 0 Å². The first-order valence-electron chi connectivity index (χ1n) is 15.9. The van der Waals surface area contributed by atoms with Gasteiger partial charge in [-0.3, -0.25) is 11.8 Å². The second-order valence-corrected chi connectivity index (χ2v) is 12.5. The third-order valence-electron chi connectivity index (χ3n) is 9.37. The molecule has 2 aromatic carbocycles. The van der Waals surface area contributed by atoms with Crippen LogP contribution in [-0.4, -0.2) is 21.1 Å². The standard InChI is InChI=1S/C23H26NOP.C12H20.Ir/c1-14(2)18-13-25-22(24-18)17-7-3-5-15-9-11-23(20(15)17)12-10-16-6-4-8-19(26)21(16)23;1-3-11-7-5-6-8-12(4-2)10-9-11;/h3-8,14,18H,9-13,26H2,1-2H3;3-4,7-8,11-12H,5-6,9-10H2,1-2H3;/q;-4;/p+1/t18-,23+;;/m1../s1/i26D2;;. The Balaban J connectivity index is 0.000000253. The fraction of sp³-hybridized carbons (Fsp3) is 0.514. The van der Waals surface area contributed by atoms with Crippen LogP contribution >= 0.6 is 9.13 Å². The van der Waals surface area contributed by atoms with Crippen molar-refractivity contribution in [3.8, 4) is 0 Å². The molecule has 2 unspecified atom stereocenters. The molecule has 1 fully saturated rings. The fourth-order valence-electron chi connectivity index (χ4n) is 7.10. The first-order chi connectivity index (χ1) is 19.4. The van der Waals surface area contributed by atoms with E-state index in [0.29, 0.717) is 12.5 Å². The predicted octanol–water partition coefficient (Wildman–Crippen LogP) is 7.55. The van der Waals surface area contributed by atoms with Crippen molar-refractivity contribution in [1.29, 1.82) is 2.56 Å². The van der Waals surface area contributed by atoms with Crippen molar-refractivity contribution in [3.63, 3.8) is 0 Å². The second kappa shape index (κ2) is 13.8. The molecule has 4 heteroatoms. The van der Waals surface area contributed by atoms with E-state index in [4.69, 9.17) is 12.3 Å². The Morgan fingerprint density at radius 2 is 1.59 bits per heavy atom. The zero-order valence-corrected chi connectivity index (χ0v) is 27.5. The maximum atomic E-state index is 8.23. The molecule has 0 N–H and O–H groups in total. The molecule has 2 aromatic rings. The monoisotopic (exact) mass is 723 g/mol. The van der Waals surface area contributed by atoms with Gasteiger partial charge in [0.15, 0.2) is 0 Å². The van der Waals surface area contributed by atoms with Gasteiger partial charge < -0.3 is 30.4 Å². The summed E-state index contributed by atoms with van der Waals surface area (Å²) in [7, 11) is -2.01. The topological polar surface area (TPSA) is 21.6 Å². The van der Waals surface area contributed by atoms with Crippen LogP contribution in [-0.2, 0) is 43.1 Å². The number of aryl methyl sites for hydroxylation is 2. The predicted molar refractivity (Wildman–Crippen MR) is 166 cm³/mol. The molecule has 1 spiro atoms. The number of ether oxygens (including phenoxy) is 1. The van der Waals surface area contributed by atoms with Gasteiger partial charge in [-0.05, 0) is 60.4 Å². The van der Waals surface area contributed by atoms with E-state index in [-0.39, 0.29) is 31.6 Å². The van der Waals surface area contributed by atoms with Crippen molar-refractivity contribution in [2.45, 2.75) is 90.5 Å². The molecule has 0 saturated heterocycles. The minimum absolute atomic E-state index is 0. The summed E-state index contributed by atoms with van der Waals surface area (Å²) in [6.45, 7) is 9.41. The molecule has 0 aromatic heterocycles.